The SMILES string of the molecule is C=CCc1ccc(O)c(-c2cc(CC=C)ccc2O[C@H]2CC(C)(C)[C@@H]3CC[C@]4(C)C[C@]23CC[C@H]4O)c1. The first-order chi connectivity index (χ1) is 17.1. The third-order valence-electron chi connectivity index (χ3n) is 9.84. The molecule has 3 aliphatic rings. The first-order valence-electron chi connectivity index (χ1n) is 13.6. The van der Waals surface area contributed by atoms with E-state index in [0.717, 1.165) is 79.4 Å². The summed E-state index contributed by atoms with van der Waals surface area (Å²) in [5, 5.41) is 21.8. The van der Waals surface area contributed by atoms with Gasteiger partial charge in [-0.15, -0.1) is 13.2 Å². The lowest BCUT2D eigenvalue weighted by molar-refractivity contribution is -0.139. The van der Waals surface area contributed by atoms with Crippen molar-refractivity contribution in [3.63, 3.8) is 0 Å². The largest absolute Gasteiger partial charge is 0.507 e. The van der Waals surface area contributed by atoms with Crippen LogP contribution in [0, 0.1) is 22.2 Å². The summed E-state index contributed by atoms with van der Waals surface area (Å²) in [6.45, 7) is 14.9. The molecule has 5 rings (SSSR count). The summed E-state index contributed by atoms with van der Waals surface area (Å²) in [5.74, 6) is 1.70. The Labute approximate surface area is 216 Å². The van der Waals surface area contributed by atoms with E-state index in [4.69, 9.17) is 4.74 Å². The maximum atomic E-state index is 10.9. The zero-order valence-electron chi connectivity index (χ0n) is 22.2. The minimum Gasteiger partial charge on any atom is -0.507 e. The van der Waals surface area contributed by atoms with Crippen LogP contribution in [0.4, 0.5) is 0 Å². The molecule has 0 radical (unpaired) electrons. The van der Waals surface area contributed by atoms with Crippen molar-refractivity contribution >= 4 is 0 Å². The van der Waals surface area contributed by atoms with Crippen LogP contribution in [0.3, 0.4) is 0 Å². The molecule has 0 amide bonds. The van der Waals surface area contributed by atoms with Crippen LogP contribution in [-0.2, 0) is 12.8 Å². The minimum absolute atomic E-state index is 0.0231. The Hall–Kier alpha value is -2.52. The van der Waals surface area contributed by atoms with Gasteiger partial charge in [0.25, 0.3) is 0 Å². The molecule has 3 aliphatic carbocycles. The van der Waals surface area contributed by atoms with Gasteiger partial charge in [-0.2, -0.15) is 0 Å². The van der Waals surface area contributed by atoms with E-state index in [2.05, 4.69) is 58.2 Å². The zero-order valence-corrected chi connectivity index (χ0v) is 22.2. The van der Waals surface area contributed by atoms with Crippen LogP contribution in [0.2, 0.25) is 0 Å². The third-order valence-corrected chi connectivity index (χ3v) is 9.84. The highest BCUT2D eigenvalue weighted by molar-refractivity contribution is 5.77. The molecule has 0 unspecified atom stereocenters. The molecular formula is C33H42O3. The van der Waals surface area contributed by atoms with Gasteiger partial charge in [0.05, 0.1) is 6.10 Å². The lowest BCUT2D eigenvalue weighted by Gasteiger charge is -2.57. The summed E-state index contributed by atoms with van der Waals surface area (Å²) in [6.07, 6.45) is 11.4. The van der Waals surface area contributed by atoms with Crippen molar-refractivity contribution in [2.24, 2.45) is 22.2 Å². The molecule has 2 bridgehead atoms. The molecule has 2 aromatic rings. The van der Waals surface area contributed by atoms with Crippen LogP contribution in [0.15, 0.2) is 61.7 Å². The fourth-order valence-corrected chi connectivity index (χ4v) is 8.11. The molecule has 192 valence electrons. The maximum Gasteiger partial charge on any atom is 0.127 e. The molecule has 0 heterocycles. The highest BCUT2D eigenvalue weighted by atomic mass is 16.5. The number of aromatic hydroxyl groups is 1. The molecule has 0 aromatic heterocycles. The molecular weight excluding hydrogens is 444 g/mol. The number of ether oxygens (including phenoxy) is 1. The molecule has 2 N–H and O–H groups in total. The Morgan fingerprint density at radius 2 is 1.61 bits per heavy atom. The smallest absolute Gasteiger partial charge is 0.127 e. The fourth-order valence-electron chi connectivity index (χ4n) is 8.11. The van der Waals surface area contributed by atoms with E-state index >= 15 is 0 Å². The normalized spacial score (nSPS) is 32.5. The lowest BCUT2D eigenvalue weighted by atomic mass is 9.49. The van der Waals surface area contributed by atoms with Crippen LogP contribution in [0.1, 0.15) is 70.4 Å². The summed E-state index contributed by atoms with van der Waals surface area (Å²) in [6, 6.07) is 12.1. The van der Waals surface area contributed by atoms with E-state index in [0.29, 0.717) is 5.92 Å². The van der Waals surface area contributed by atoms with E-state index in [-0.39, 0.29) is 34.2 Å². The Morgan fingerprint density at radius 3 is 2.31 bits per heavy atom. The number of benzene rings is 2. The van der Waals surface area contributed by atoms with Crippen LogP contribution in [-0.4, -0.2) is 22.4 Å². The molecule has 0 saturated heterocycles. The van der Waals surface area contributed by atoms with Crippen molar-refractivity contribution in [2.45, 2.75) is 84.3 Å². The molecule has 2 aromatic carbocycles. The molecule has 36 heavy (non-hydrogen) atoms. The number of rotatable bonds is 7. The summed E-state index contributed by atoms with van der Waals surface area (Å²) < 4.78 is 7.07. The number of aliphatic hydroxyl groups is 1. The number of phenols is 1. The molecule has 3 saturated carbocycles. The van der Waals surface area contributed by atoms with E-state index in [1.807, 2.05) is 18.2 Å². The molecule has 1 spiro atoms. The topological polar surface area (TPSA) is 49.7 Å². The summed E-state index contributed by atoms with van der Waals surface area (Å²) in [5.41, 5.74) is 4.25. The van der Waals surface area contributed by atoms with Gasteiger partial charge in [0.2, 0.25) is 0 Å². The quantitative estimate of drug-likeness (QED) is 0.395. The fraction of sp³-hybridized carbons (Fsp3) is 0.515. The van der Waals surface area contributed by atoms with Crippen LogP contribution >= 0.6 is 0 Å². The monoisotopic (exact) mass is 486 g/mol. The number of phenolic OH excluding ortho intramolecular Hbond substituents is 1. The van der Waals surface area contributed by atoms with Crippen molar-refractivity contribution in [1.29, 1.82) is 0 Å². The Morgan fingerprint density at radius 1 is 0.944 bits per heavy atom. The van der Waals surface area contributed by atoms with Crippen LogP contribution < -0.4 is 4.74 Å². The second-order valence-electron chi connectivity index (χ2n) is 12.7. The minimum atomic E-state index is -0.216. The van der Waals surface area contributed by atoms with Gasteiger partial charge in [-0.3, -0.25) is 0 Å². The maximum absolute atomic E-state index is 10.9. The first-order valence-corrected chi connectivity index (χ1v) is 13.6. The van der Waals surface area contributed by atoms with Gasteiger partial charge in [-0.05, 0) is 104 Å². The van der Waals surface area contributed by atoms with Gasteiger partial charge in [0, 0.05) is 16.5 Å². The first kappa shape index (κ1) is 25.1. The third kappa shape index (κ3) is 4.10. The average Bonchev–Trinajstić information content (AvgIpc) is 3.04. The highest BCUT2D eigenvalue weighted by Gasteiger charge is 2.65. The van der Waals surface area contributed by atoms with E-state index in [1.165, 1.54) is 0 Å². The van der Waals surface area contributed by atoms with Gasteiger partial charge < -0.3 is 14.9 Å². The van der Waals surface area contributed by atoms with Gasteiger partial charge >= 0.3 is 0 Å². The molecule has 3 heteroatoms. The number of hydrogen-bond acceptors (Lipinski definition) is 3. The highest BCUT2D eigenvalue weighted by Crippen LogP contribution is 2.69. The standard InChI is InChI=1S/C33H42O3/c1-6-8-22-10-12-26(34)24(18-22)25-19-23(9-7-2)11-13-27(25)36-30-20-31(3,4)28-14-16-32(5)21-33(28,30)17-15-29(32)35/h6-7,10-13,18-19,28-30,34-35H,1-2,8-9,14-17,20-21H2,3-5H3/t28-,29+,30-,32+,33-/m0/s1. The second-order valence-corrected chi connectivity index (χ2v) is 12.7. The van der Waals surface area contributed by atoms with Gasteiger partial charge in [-0.25, -0.2) is 0 Å². The summed E-state index contributed by atoms with van der Waals surface area (Å²) >= 11 is 0. The Balaban J connectivity index is 1.57. The molecule has 5 atom stereocenters. The van der Waals surface area contributed by atoms with Gasteiger partial charge in [0.1, 0.15) is 17.6 Å². The van der Waals surface area contributed by atoms with Crippen molar-refractivity contribution in [1.82, 2.24) is 0 Å². The van der Waals surface area contributed by atoms with Crippen molar-refractivity contribution in [3.8, 4) is 22.6 Å². The molecule has 3 nitrogen and oxygen atoms in total. The van der Waals surface area contributed by atoms with E-state index in [9.17, 15) is 10.2 Å². The van der Waals surface area contributed by atoms with Crippen molar-refractivity contribution in [2.75, 3.05) is 0 Å². The predicted molar refractivity (Wildman–Crippen MR) is 147 cm³/mol. The zero-order chi connectivity index (χ0) is 25.7. The Kier molecular flexibility index (Phi) is 6.35. The van der Waals surface area contributed by atoms with Crippen LogP contribution in [0.25, 0.3) is 11.1 Å². The predicted octanol–water partition coefficient (Wildman–Crippen LogP) is 7.64. The van der Waals surface area contributed by atoms with Gasteiger partial charge in [-0.1, -0.05) is 45.1 Å². The van der Waals surface area contributed by atoms with Crippen LogP contribution in [0.5, 0.6) is 11.5 Å². The average molecular weight is 487 g/mol. The van der Waals surface area contributed by atoms with E-state index < -0.39 is 0 Å². The number of hydrogen-bond donors (Lipinski definition) is 2. The summed E-state index contributed by atoms with van der Waals surface area (Å²) in [7, 11) is 0. The number of aliphatic hydroxyl groups excluding tert-OH is 1. The molecule has 3 fully saturated rings. The second kappa shape index (κ2) is 9.10. The lowest BCUT2D eigenvalue weighted by Crippen LogP contribution is -2.55. The van der Waals surface area contributed by atoms with Crippen molar-refractivity contribution < 1.29 is 14.9 Å². The van der Waals surface area contributed by atoms with E-state index in [1.54, 1.807) is 6.07 Å². The van der Waals surface area contributed by atoms with Gasteiger partial charge in [0.15, 0.2) is 0 Å². The number of allylic oxidation sites excluding steroid dienone is 2. The number of fused-ring (bicyclic) bond motifs is 1. The molecule has 0 aliphatic heterocycles. The summed E-state index contributed by atoms with van der Waals surface area (Å²) in [4.78, 5) is 0. The Bertz CT molecular complexity index is 1160. The van der Waals surface area contributed by atoms with Crippen molar-refractivity contribution in [3.05, 3.63) is 72.8 Å².